The maximum atomic E-state index is 12.4. The smallest absolute Gasteiger partial charge is 0.181 e. The molecular formula is C17H22N2O2. The van der Waals surface area contributed by atoms with Crippen LogP contribution in [0.15, 0.2) is 12.3 Å². The summed E-state index contributed by atoms with van der Waals surface area (Å²) in [4.78, 5) is 32.8. The summed E-state index contributed by atoms with van der Waals surface area (Å²) in [5.74, 6) is 1.50. The van der Waals surface area contributed by atoms with Crippen LogP contribution >= 0.6 is 0 Å². The number of aromatic nitrogens is 2. The molecule has 2 saturated carbocycles. The lowest BCUT2D eigenvalue weighted by atomic mass is 9.67. The second-order valence-electron chi connectivity index (χ2n) is 6.64. The van der Waals surface area contributed by atoms with Gasteiger partial charge in [0, 0.05) is 24.5 Å². The van der Waals surface area contributed by atoms with E-state index < -0.39 is 0 Å². The van der Waals surface area contributed by atoms with E-state index in [0.29, 0.717) is 29.6 Å². The average Bonchev–Trinajstić information content (AvgIpc) is 2.80. The molecule has 0 aromatic carbocycles. The van der Waals surface area contributed by atoms with Gasteiger partial charge in [0.1, 0.15) is 17.3 Å². The molecule has 1 heterocycles. The van der Waals surface area contributed by atoms with Gasteiger partial charge in [0.05, 0.1) is 0 Å². The van der Waals surface area contributed by atoms with Crippen LogP contribution in [0.1, 0.15) is 67.7 Å². The number of hydrogen-bond donors (Lipinski definition) is 0. The third-order valence-corrected chi connectivity index (χ3v) is 5.13. The molecule has 0 N–H and O–H groups in total. The molecule has 0 unspecified atom stereocenters. The first-order chi connectivity index (χ1) is 10.1. The van der Waals surface area contributed by atoms with E-state index in [2.05, 4.69) is 9.97 Å². The van der Waals surface area contributed by atoms with Gasteiger partial charge in [0.2, 0.25) is 0 Å². The van der Waals surface area contributed by atoms with Gasteiger partial charge in [-0.2, -0.15) is 0 Å². The Hall–Kier alpha value is -1.58. The van der Waals surface area contributed by atoms with Crippen molar-refractivity contribution >= 4 is 11.6 Å². The second-order valence-corrected chi connectivity index (χ2v) is 6.64. The van der Waals surface area contributed by atoms with Crippen molar-refractivity contribution in [2.24, 2.45) is 11.3 Å². The van der Waals surface area contributed by atoms with Crippen LogP contribution in [0.3, 0.4) is 0 Å². The Morgan fingerprint density at radius 1 is 1.38 bits per heavy atom. The third kappa shape index (κ3) is 2.89. The summed E-state index contributed by atoms with van der Waals surface area (Å²) in [5.41, 5.74) is 0.421. The Labute approximate surface area is 125 Å². The van der Waals surface area contributed by atoms with Crippen molar-refractivity contribution in [3.8, 4) is 0 Å². The summed E-state index contributed by atoms with van der Waals surface area (Å²) in [5, 5.41) is 0. The normalized spacial score (nSPS) is 29.0. The number of Topliss-reactive ketones (excluding diaryl/α,β-unsaturated/α-hetero) is 2. The predicted octanol–water partition coefficient (Wildman–Crippen LogP) is 3.29. The number of ketones is 2. The van der Waals surface area contributed by atoms with Crippen molar-refractivity contribution in [3.63, 3.8) is 0 Å². The standard InChI is InChI=1S/C17H22N2O2/c1-12-18-9-6-14(19-12)15(20)10-13-4-2-7-17(11-13)8-3-5-16(17)21/h6,9,13H,2-5,7-8,10-11H2,1H3/t13-,17+/m1/s1. The molecule has 3 rings (SSSR count). The molecular weight excluding hydrogens is 264 g/mol. The van der Waals surface area contributed by atoms with Crippen LogP contribution in [0.4, 0.5) is 0 Å². The minimum absolute atomic E-state index is 0.0907. The molecule has 4 nitrogen and oxygen atoms in total. The quantitative estimate of drug-likeness (QED) is 0.800. The lowest BCUT2D eigenvalue weighted by molar-refractivity contribution is -0.128. The topological polar surface area (TPSA) is 59.9 Å². The average molecular weight is 286 g/mol. The van der Waals surface area contributed by atoms with Crippen LogP contribution in [-0.2, 0) is 4.79 Å². The lowest BCUT2D eigenvalue weighted by Gasteiger charge is -2.36. The molecule has 2 aliphatic carbocycles. The number of rotatable bonds is 3. The van der Waals surface area contributed by atoms with Crippen molar-refractivity contribution in [2.45, 2.75) is 58.3 Å². The molecule has 2 fully saturated rings. The van der Waals surface area contributed by atoms with Crippen LogP contribution in [0.5, 0.6) is 0 Å². The fraction of sp³-hybridized carbons (Fsp3) is 0.647. The zero-order valence-corrected chi connectivity index (χ0v) is 12.6. The molecule has 0 radical (unpaired) electrons. The van der Waals surface area contributed by atoms with Gasteiger partial charge in [-0.05, 0) is 51.0 Å². The Morgan fingerprint density at radius 2 is 2.19 bits per heavy atom. The molecule has 1 spiro atoms. The van der Waals surface area contributed by atoms with E-state index in [9.17, 15) is 9.59 Å². The molecule has 2 aliphatic rings. The first-order valence-electron chi connectivity index (χ1n) is 7.95. The summed E-state index contributed by atoms with van der Waals surface area (Å²) in [6.45, 7) is 1.80. The fourth-order valence-electron chi connectivity index (χ4n) is 4.11. The highest BCUT2D eigenvalue weighted by Crippen LogP contribution is 2.49. The fourth-order valence-corrected chi connectivity index (χ4v) is 4.11. The molecule has 21 heavy (non-hydrogen) atoms. The lowest BCUT2D eigenvalue weighted by Crippen LogP contribution is -2.33. The third-order valence-electron chi connectivity index (χ3n) is 5.13. The van der Waals surface area contributed by atoms with Gasteiger partial charge in [-0.15, -0.1) is 0 Å². The molecule has 1 aromatic rings. The molecule has 0 aliphatic heterocycles. The van der Waals surface area contributed by atoms with Crippen LogP contribution in [0, 0.1) is 18.3 Å². The van der Waals surface area contributed by atoms with Crippen LogP contribution in [0.25, 0.3) is 0 Å². The van der Waals surface area contributed by atoms with E-state index in [1.54, 1.807) is 19.2 Å². The first kappa shape index (κ1) is 14.4. The minimum atomic E-state index is -0.0925. The minimum Gasteiger partial charge on any atom is -0.299 e. The number of nitrogens with zero attached hydrogens (tertiary/aromatic N) is 2. The van der Waals surface area contributed by atoms with Gasteiger partial charge in [-0.1, -0.05) is 6.42 Å². The summed E-state index contributed by atoms with van der Waals surface area (Å²) in [7, 11) is 0. The monoisotopic (exact) mass is 286 g/mol. The van der Waals surface area contributed by atoms with Gasteiger partial charge in [-0.25, -0.2) is 9.97 Å². The Balaban J connectivity index is 1.67. The molecule has 112 valence electrons. The Bertz CT molecular complexity index is 570. The van der Waals surface area contributed by atoms with Gasteiger partial charge in [-0.3, -0.25) is 9.59 Å². The van der Waals surface area contributed by atoms with Gasteiger partial charge >= 0.3 is 0 Å². The maximum Gasteiger partial charge on any atom is 0.181 e. The molecule has 0 saturated heterocycles. The SMILES string of the molecule is Cc1nccc(C(=O)C[C@H]2CCC[C@]3(CCCC3=O)C2)n1. The van der Waals surface area contributed by atoms with Crippen LogP contribution < -0.4 is 0 Å². The molecule has 4 heteroatoms. The number of carbonyl (C=O) groups is 2. The Morgan fingerprint density at radius 3 is 2.90 bits per heavy atom. The molecule has 0 amide bonds. The molecule has 0 bridgehead atoms. The highest BCUT2D eigenvalue weighted by molar-refractivity contribution is 5.94. The largest absolute Gasteiger partial charge is 0.299 e. The van der Waals surface area contributed by atoms with E-state index >= 15 is 0 Å². The molecule has 2 atom stereocenters. The van der Waals surface area contributed by atoms with E-state index in [1.165, 1.54) is 0 Å². The number of carbonyl (C=O) groups excluding carboxylic acids is 2. The van der Waals surface area contributed by atoms with Gasteiger partial charge < -0.3 is 0 Å². The van der Waals surface area contributed by atoms with Crippen molar-refractivity contribution in [3.05, 3.63) is 23.8 Å². The summed E-state index contributed by atoms with van der Waals surface area (Å²) >= 11 is 0. The van der Waals surface area contributed by atoms with E-state index in [-0.39, 0.29) is 11.2 Å². The highest BCUT2D eigenvalue weighted by atomic mass is 16.1. The zero-order chi connectivity index (χ0) is 14.9. The number of hydrogen-bond acceptors (Lipinski definition) is 4. The second kappa shape index (κ2) is 5.66. The van der Waals surface area contributed by atoms with Crippen molar-refractivity contribution in [1.82, 2.24) is 9.97 Å². The van der Waals surface area contributed by atoms with Gasteiger partial charge in [0.15, 0.2) is 5.78 Å². The van der Waals surface area contributed by atoms with E-state index in [1.807, 2.05) is 0 Å². The Kier molecular flexibility index (Phi) is 3.87. The number of aryl methyl sites for hydroxylation is 1. The summed E-state index contributed by atoms with van der Waals surface area (Å²) < 4.78 is 0. The highest BCUT2D eigenvalue weighted by Gasteiger charge is 2.45. The summed E-state index contributed by atoms with van der Waals surface area (Å²) in [6.07, 6.45) is 9.03. The van der Waals surface area contributed by atoms with E-state index in [0.717, 1.165) is 44.9 Å². The zero-order valence-electron chi connectivity index (χ0n) is 12.6. The molecule has 1 aromatic heterocycles. The predicted molar refractivity (Wildman–Crippen MR) is 79.0 cm³/mol. The van der Waals surface area contributed by atoms with E-state index in [4.69, 9.17) is 0 Å². The van der Waals surface area contributed by atoms with Crippen LogP contribution in [-0.4, -0.2) is 21.5 Å². The van der Waals surface area contributed by atoms with Crippen molar-refractivity contribution in [1.29, 1.82) is 0 Å². The van der Waals surface area contributed by atoms with Crippen LogP contribution in [0.2, 0.25) is 0 Å². The van der Waals surface area contributed by atoms with Gasteiger partial charge in [0.25, 0.3) is 0 Å². The van der Waals surface area contributed by atoms with Crippen molar-refractivity contribution < 1.29 is 9.59 Å². The summed E-state index contributed by atoms with van der Waals surface area (Å²) in [6, 6.07) is 1.69. The first-order valence-corrected chi connectivity index (χ1v) is 7.95. The van der Waals surface area contributed by atoms with Crippen molar-refractivity contribution in [2.75, 3.05) is 0 Å². The maximum absolute atomic E-state index is 12.4.